The Morgan fingerprint density at radius 2 is 2.07 bits per heavy atom. The molecule has 1 atom stereocenters. The molecule has 2 amide bonds. The number of fused-ring (bicyclic) bond motifs is 4. The lowest BCUT2D eigenvalue weighted by atomic mass is 9.99. The quantitative estimate of drug-likeness (QED) is 0.682. The van der Waals surface area contributed by atoms with Gasteiger partial charge in [0, 0.05) is 23.9 Å². The van der Waals surface area contributed by atoms with Crippen LogP contribution in [-0.2, 0) is 9.53 Å². The zero-order chi connectivity index (χ0) is 21.7. The highest BCUT2D eigenvalue weighted by Gasteiger charge is 2.22. The third kappa shape index (κ3) is 5.45. The fraction of sp³-hybridized carbons (Fsp3) is 0.304. The third-order valence-corrected chi connectivity index (χ3v) is 4.40. The van der Waals surface area contributed by atoms with Gasteiger partial charge in [-0.25, -0.2) is 4.79 Å². The van der Waals surface area contributed by atoms with E-state index in [1.54, 1.807) is 51.2 Å². The first-order valence-corrected chi connectivity index (χ1v) is 9.70. The predicted molar refractivity (Wildman–Crippen MR) is 114 cm³/mol. The van der Waals surface area contributed by atoms with Crippen LogP contribution in [0.5, 0.6) is 0 Å². The molecule has 0 radical (unpaired) electrons. The molecule has 3 rings (SSSR count). The number of nitrogens with one attached hydrogen (secondary N) is 2. The third-order valence-electron chi connectivity index (χ3n) is 4.40. The number of amides is 2. The second-order valence-electron chi connectivity index (χ2n) is 8.00. The number of ether oxygens (including phenoxy) is 1. The molecule has 154 valence electrons. The van der Waals surface area contributed by atoms with Crippen molar-refractivity contribution < 1.29 is 14.3 Å². The molecule has 2 aromatic rings. The molecule has 2 heterocycles. The van der Waals surface area contributed by atoms with Crippen molar-refractivity contribution in [2.24, 2.45) is 0 Å². The first-order chi connectivity index (χ1) is 14.2. The summed E-state index contributed by atoms with van der Waals surface area (Å²) in [6.45, 7) is 5.41. The van der Waals surface area contributed by atoms with Crippen LogP contribution in [0.4, 0.5) is 10.5 Å². The number of carbonyl (C=O) groups is 2. The van der Waals surface area contributed by atoms with Crippen molar-refractivity contribution in [2.45, 2.75) is 45.3 Å². The second-order valence-corrected chi connectivity index (χ2v) is 8.00. The van der Waals surface area contributed by atoms with Crippen molar-refractivity contribution in [1.82, 2.24) is 10.3 Å². The number of aromatic nitrogens is 1. The zero-order valence-corrected chi connectivity index (χ0v) is 17.2. The molecule has 0 saturated heterocycles. The van der Waals surface area contributed by atoms with Crippen LogP contribution >= 0.6 is 0 Å². The van der Waals surface area contributed by atoms with Gasteiger partial charge in [0.2, 0.25) is 5.91 Å². The minimum Gasteiger partial charge on any atom is -0.444 e. The summed E-state index contributed by atoms with van der Waals surface area (Å²) < 4.78 is 5.39. The summed E-state index contributed by atoms with van der Waals surface area (Å²) in [5.41, 5.74) is 2.66. The van der Waals surface area contributed by atoms with E-state index in [1.165, 1.54) is 0 Å². The van der Waals surface area contributed by atoms with Crippen molar-refractivity contribution in [3.8, 4) is 17.2 Å². The Kier molecular flexibility index (Phi) is 6.17. The molecule has 0 unspecified atom stereocenters. The van der Waals surface area contributed by atoms with E-state index in [0.717, 1.165) is 11.1 Å². The summed E-state index contributed by atoms with van der Waals surface area (Å²) in [6.07, 6.45) is 5.35. The van der Waals surface area contributed by atoms with Gasteiger partial charge in [-0.3, -0.25) is 9.78 Å². The average Bonchev–Trinajstić information content (AvgIpc) is 2.68. The number of carbonyl (C=O) groups excluding carboxylic acids is 2. The maximum Gasteiger partial charge on any atom is 0.408 e. The smallest absolute Gasteiger partial charge is 0.408 e. The van der Waals surface area contributed by atoms with Crippen molar-refractivity contribution >= 4 is 17.7 Å². The molecule has 2 N–H and O–H groups in total. The number of nitriles is 1. The highest BCUT2D eigenvalue weighted by Crippen LogP contribution is 2.31. The summed E-state index contributed by atoms with van der Waals surface area (Å²) in [7, 11) is 0. The van der Waals surface area contributed by atoms with E-state index in [1.807, 2.05) is 18.2 Å². The second kappa shape index (κ2) is 8.78. The highest BCUT2D eigenvalue weighted by molar-refractivity contribution is 5.96. The van der Waals surface area contributed by atoms with E-state index >= 15 is 0 Å². The van der Waals surface area contributed by atoms with Crippen LogP contribution in [0.15, 0.2) is 48.7 Å². The SMILES string of the molecule is CC(C)(C)OC(=O)N[C@H]1C/C=C/CC(=O)Nc2cc(C#N)ccc2-c2ccnc1c2. The van der Waals surface area contributed by atoms with E-state index in [-0.39, 0.29) is 12.3 Å². The van der Waals surface area contributed by atoms with Gasteiger partial charge in [0.05, 0.1) is 23.4 Å². The van der Waals surface area contributed by atoms with E-state index in [2.05, 4.69) is 21.7 Å². The number of alkyl carbamates (subject to hydrolysis) is 1. The lowest BCUT2D eigenvalue weighted by molar-refractivity contribution is -0.115. The lowest BCUT2D eigenvalue weighted by Crippen LogP contribution is -2.35. The minimum absolute atomic E-state index is 0.177. The number of pyridine rings is 1. The first kappa shape index (κ1) is 21.1. The maximum atomic E-state index is 12.4. The van der Waals surface area contributed by atoms with Crippen LogP contribution in [0, 0.1) is 11.3 Å². The topological polar surface area (TPSA) is 104 Å². The van der Waals surface area contributed by atoms with Gasteiger partial charge in [-0.05, 0) is 57.0 Å². The number of benzene rings is 1. The van der Waals surface area contributed by atoms with Gasteiger partial charge in [0.25, 0.3) is 0 Å². The molecule has 0 saturated carbocycles. The monoisotopic (exact) mass is 404 g/mol. The van der Waals surface area contributed by atoms with Crippen LogP contribution in [0.25, 0.3) is 11.1 Å². The van der Waals surface area contributed by atoms with E-state index in [4.69, 9.17) is 4.74 Å². The molecule has 0 aliphatic carbocycles. The summed E-state index contributed by atoms with van der Waals surface area (Å²) >= 11 is 0. The molecular formula is C23H24N4O3. The van der Waals surface area contributed by atoms with Gasteiger partial charge in [-0.15, -0.1) is 0 Å². The molecule has 0 fully saturated rings. The van der Waals surface area contributed by atoms with Crippen LogP contribution in [0.1, 0.15) is 50.9 Å². The van der Waals surface area contributed by atoms with Crippen molar-refractivity contribution in [2.75, 3.05) is 5.32 Å². The van der Waals surface area contributed by atoms with Crippen LogP contribution in [-0.4, -0.2) is 22.6 Å². The Hall–Kier alpha value is -3.66. The zero-order valence-electron chi connectivity index (χ0n) is 17.2. The minimum atomic E-state index is -0.615. The maximum absolute atomic E-state index is 12.4. The number of nitrogens with zero attached hydrogens (tertiary/aromatic N) is 2. The van der Waals surface area contributed by atoms with Gasteiger partial charge in [0.1, 0.15) is 5.60 Å². The Labute approximate surface area is 175 Å². The van der Waals surface area contributed by atoms with E-state index in [0.29, 0.717) is 23.4 Å². The fourth-order valence-corrected chi connectivity index (χ4v) is 3.10. The van der Waals surface area contributed by atoms with Crippen molar-refractivity contribution in [1.29, 1.82) is 5.26 Å². The number of anilines is 1. The van der Waals surface area contributed by atoms with Crippen molar-refractivity contribution in [3.05, 3.63) is 59.9 Å². The lowest BCUT2D eigenvalue weighted by Gasteiger charge is -2.23. The molecule has 1 aliphatic rings. The Bertz CT molecular complexity index is 1030. The van der Waals surface area contributed by atoms with E-state index < -0.39 is 17.7 Å². The molecule has 1 aromatic heterocycles. The highest BCUT2D eigenvalue weighted by atomic mass is 16.6. The average molecular weight is 404 g/mol. The number of rotatable bonds is 1. The Morgan fingerprint density at radius 1 is 1.27 bits per heavy atom. The Balaban J connectivity index is 2.02. The van der Waals surface area contributed by atoms with Gasteiger partial charge in [0.15, 0.2) is 0 Å². The fourth-order valence-electron chi connectivity index (χ4n) is 3.10. The molecule has 30 heavy (non-hydrogen) atoms. The van der Waals surface area contributed by atoms with Gasteiger partial charge >= 0.3 is 6.09 Å². The van der Waals surface area contributed by atoms with Gasteiger partial charge < -0.3 is 15.4 Å². The van der Waals surface area contributed by atoms with E-state index in [9.17, 15) is 14.9 Å². The summed E-state index contributed by atoms with van der Waals surface area (Å²) in [4.78, 5) is 29.1. The number of hydrogen-bond donors (Lipinski definition) is 2. The first-order valence-electron chi connectivity index (χ1n) is 9.70. The molecule has 7 nitrogen and oxygen atoms in total. The van der Waals surface area contributed by atoms with Crippen LogP contribution in [0.3, 0.4) is 0 Å². The Morgan fingerprint density at radius 3 is 2.80 bits per heavy atom. The summed E-state index contributed by atoms with van der Waals surface area (Å²) in [6, 6.07) is 10.5. The molecular weight excluding hydrogens is 380 g/mol. The largest absolute Gasteiger partial charge is 0.444 e. The summed E-state index contributed by atoms with van der Waals surface area (Å²) in [5, 5.41) is 15.0. The molecule has 1 aliphatic heterocycles. The normalized spacial score (nSPS) is 17.3. The molecule has 0 spiro atoms. The number of hydrogen-bond acceptors (Lipinski definition) is 5. The summed E-state index contributed by atoms with van der Waals surface area (Å²) in [5.74, 6) is -0.186. The van der Waals surface area contributed by atoms with Gasteiger partial charge in [-0.2, -0.15) is 5.26 Å². The standard InChI is InChI=1S/C23H24N4O3/c1-23(2,3)30-22(29)27-18-6-4-5-7-21(28)26-19-12-15(14-24)8-9-17(19)16-10-11-25-20(18)13-16/h4-5,8-13,18H,6-7H2,1-3H3,(H,26,28)(H,27,29)/b5-4+/t18-/m0/s1. The predicted octanol–water partition coefficient (Wildman–Crippen LogP) is 4.47. The molecule has 2 bridgehead atoms. The van der Waals surface area contributed by atoms with Gasteiger partial charge in [-0.1, -0.05) is 18.2 Å². The molecule has 1 aromatic carbocycles. The van der Waals surface area contributed by atoms with Crippen LogP contribution in [0.2, 0.25) is 0 Å². The van der Waals surface area contributed by atoms with Crippen LogP contribution < -0.4 is 10.6 Å². The van der Waals surface area contributed by atoms with Crippen molar-refractivity contribution in [3.63, 3.8) is 0 Å². The molecule has 7 heteroatoms.